The van der Waals surface area contributed by atoms with Crippen molar-refractivity contribution in [2.75, 3.05) is 26.2 Å². The predicted octanol–water partition coefficient (Wildman–Crippen LogP) is 1.91. The molecule has 4 nitrogen and oxygen atoms in total. The molecule has 1 N–H and O–H groups in total. The molecule has 2 aliphatic rings. The van der Waals surface area contributed by atoms with Crippen molar-refractivity contribution >= 4 is 17.2 Å². The summed E-state index contributed by atoms with van der Waals surface area (Å²) in [7, 11) is 0. The lowest BCUT2D eigenvalue weighted by molar-refractivity contribution is -0.128. The minimum Gasteiger partial charge on any atom is -0.321 e. The van der Waals surface area contributed by atoms with Gasteiger partial charge in [-0.25, -0.2) is 0 Å². The SMILES string of the molecule is CC(C)N1CCC(CN2C(=O)CNC2c2ccsc2)C1. The highest BCUT2D eigenvalue weighted by Gasteiger charge is 2.35. The van der Waals surface area contributed by atoms with Crippen LogP contribution in [0.1, 0.15) is 32.0 Å². The lowest BCUT2D eigenvalue weighted by atomic mass is 10.1. The van der Waals surface area contributed by atoms with Gasteiger partial charge in [0.1, 0.15) is 6.17 Å². The van der Waals surface area contributed by atoms with Gasteiger partial charge in [-0.1, -0.05) is 0 Å². The van der Waals surface area contributed by atoms with E-state index in [-0.39, 0.29) is 12.1 Å². The second-order valence-electron chi connectivity index (χ2n) is 6.13. The number of hydrogen-bond acceptors (Lipinski definition) is 4. The molecule has 0 aromatic carbocycles. The summed E-state index contributed by atoms with van der Waals surface area (Å²) in [6.07, 6.45) is 1.29. The molecule has 2 fully saturated rings. The van der Waals surface area contributed by atoms with Crippen LogP contribution in [0.25, 0.3) is 0 Å². The average Bonchev–Trinajstić information content (AvgIpc) is 3.12. The molecule has 1 aromatic heterocycles. The largest absolute Gasteiger partial charge is 0.321 e. The Morgan fingerprint density at radius 1 is 1.50 bits per heavy atom. The molecule has 2 aliphatic heterocycles. The van der Waals surface area contributed by atoms with Gasteiger partial charge < -0.3 is 9.80 Å². The first-order valence-electron chi connectivity index (χ1n) is 7.44. The van der Waals surface area contributed by atoms with Gasteiger partial charge in [-0.3, -0.25) is 10.1 Å². The highest BCUT2D eigenvalue weighted by Crippen LogP contribution is 2.28. The topological polar surface area (TPSA) is 35.6 Å². The van der Waals surface area contributed by atoms with Gasteiger partial charge in [0.2, 0.25) is 5.91 Å². The molecular weight excluding hydrogens is 270 g/mol. The van der Waals surface area contributed by atoms with Gasteiger partial charge in [-0.05, 0) is 55.1 Å². The zero-order valence-electron chi connectivity index (χ0n) is 12.2. The van der Waals surface area contributed by atoms with Gasteiger partial charge in [0.25, 0.3) is 0 Å². The van der Waals surface area contributed by atoms with Crippen molar-refractivity contribution in [2.24, 2.45) is 5.92 Å². The lowest BCUT2D eigenvalue weighted by Gasteiger charge is -2.27. The normalized spacial score (nSPS) is 27.9. The van der Waals surface area contributed by atoms with E-state index in [2.05, 4.69) is 40.9 Å². The quantitative estimate of drug-likeness (QED) is 0.921. The van der Waals surface area contributed by atoms with Crippen LogP contribution in [0.15, 0.2) is 16.8 Å². The van der Waals surface area contributed by atoms with E-state index in [0.717, 1.165) is 13.1 Å². The number of likely N-dealkylation sites (tertiary alicyclic amines) is 1. The van der Waals surface area contributed by atoms with Crippen LogP contribution in [0.4, 0.5) is 0 Å². The molecule has 110 valence electrons. The molecule has 20 heavy (non-hydrogen) atoms. The summed E-state index contributed by atoms with van der Waals surface area (Å²) in [5.41, 5.74) is 1.22. The van der Waals surface area contributed by atoms with Gasteiger partial charge in [0.15, 0.2) is 0 Å². The number of amides is 1. The molecule has 0 bridgehead atoms. The van der Waals surface area contributed by atoms with Crippen LogP contribution in [0.2, 0.25) is 0 Å². The summed E-state index contributed by atoms with van der Waals surface area (Å²) in [6, 6.07) is 2.73. The number of rotatable bonds is 4. The minimum absolute atomic E-state index is 0.0850. The summed E-state index contributed by atoms with van der Waals surface area (Å²) in [4.78, 5) is 16.7. The summed E-state index contributed by atoms with van der Waals surface area (Å²) in [5.74, 6) is 0.853. The van der Waals surface area contributed by atoms with Crippen LogP contribution < -0.4 is 5.32 Å². The molecule has 5 heteroatoms. The monoisotopic (exact) mass is 293 g/mol. The van der Waals surface area contributed by atoms with Crippen molar-refractivity contribution < 1.29 is 4.79 Å². The van der Waals surface area contributed by atoms with E-state index in [1.807, 2.05) is 4.90 Å². The van der Waals surface area contributed by atoms with Crippen molar-refractivity contribution in [2.45, 2.75) is 32.5 Å². The summed E-state index contributed by atoms with van der Waals surface area (Å²) in [5, 5.41) is 7.55. The first-order chi connectivity index (χ1) is 9.65. The molecule has 0 saturated carbocycles. The van der Waals surface area contributed by atoms with Crippen LogP contribution in [0.3, 0.4) is 0 Å². The first-order valence-corrected chi connectivity index (χ1v) is 8.38. The fourth-order valence-electron chi connectivity index (χ4n) is 3.23. The smallest absolute Gasteiger partial charge is 0.238 e. The van der Waals surface area contributed by atoms with Crippen LogP contribution in [0.5, 0.6) is 0 Å². The highest BCUT2D eigenvalue weighted by atomic mass is 32.1. The van der Waals surface area contributed by atoms with Gasteiger partial charge in [-0.15, -0.1) is 0 Å². The van der Waals surface area contributed by atoms with Crippen LogP contribution in [-0.2, 0) is 4.79 Å². The number of hydrogen-bond donors (Lipinski definition) is 1. The summed E-state index contributed by atoms with van der Waals surface area (Å²) in [6.45, 7) is 8.15. The van der Waals surface area contributed by atoms with Crippen molar-refractivity contribution in [3.05, 3.63) is 22.4 Å². The van der Waals surface area contributed by atoms with E-state index in [1.54, 1.807) is 11.3 Å². The average molecular weight is 293 g/mol. The number of thiophene rings is 1. The molecule has 0 radical (unpaired) electrons. The van der Waals surface area contributed by atoms with E-state index in [0.29, 0.717) is 18.5 Å². The molecule has 3 rings (SSSR count). The zero-order valence-corrected chi connectivity index (χ0v) is 13.0. The molecule has 3 heterocycles. The van der Waals surface area contributed by atoms with Crippen molar-refractivity contribution in [1.29, 1.82) is 0 Å². The third kappa shape index (κ3) is 2.75. The van der Waals surface area contributed by atoms with Gasteiger partial charge in [0, 0.05) is 19.1 Å². The van der Waals surface area contributed by atoms with Crippen molar-refractivity contribution in [3.8, 4) is 0 Å². The van der Waals surface area contributed by atoms with E-state index in [1.165, 1.54) is 18.5 Å². The van der Waals surface area contributed by atoms with Crippen molar-refractivity contribution in [1.82, 2.24) is 15.1 Å². The Hall–Kier alpha value is -0.910. The Bertz CT molecular complexity index is 460. The maximum Gasteiger partial charge on any atom is 0.238 e. The number of carbonyl (C=O) groups excluding carboxylic acids is 1. The minimum atomic E-state index is 0.0850. The fourth-order valence-corrected chi connectivity index (χ4v) is 3.91. The molecule has 1 aromatic rings. The third-order valence-electron chi connectivity index (χ3n) is 4.44. The number of carbonyl (C=O) groups is 1. The maximum atomic E-state index is 12.1. The Morgan fingerprint density at radius 3 is 3.00 bits per heavy atom. The molecule has 0 spiro atoms. The Labute approximate surface area is 124 Å². The van der Waals surface area contributed by atoms with Crippen LogP contribution in [-0.4, -0.2) is 47.9 Å². The molecule has 0 aliphatic carbocycles. The summed E-state index contributed by atoms with van der Waals surface area (Å²) >= 11 is 1.69. The Balaban J connectivity index is 1.65. The predicted molar refractivity (Wildman–Crippen MR) is 81.6 cm³/mol. The van der Waals surface area contributed by atoms with Gasteiger partial charge in [-0.2, -0.15) is 11.3 Å². The van der Waals surface area contributed by atoms with Crippen LogP contribution >= 0.6 is 11.3 Å². The van der Waals surface area contributed by atoms with E-state index in [9.17, 15) is 4.79 Å². The summed E-state index contributed by atoms with van der Waals surface area (Å²) < 4.78 is 0. The highest BCUT2D eigenvalue weighted by molar-refractivity contribution is 7.07. The van der Waals surface area contributed by atoms with E-state index in [4.69, 9.17) is 0 Å². The van der Waals surface area contributed by atoms with Gasteiger partial charge >= 0.3 is 0 Å². The molecule has 2 unspecified atom stereocenters. The number of nitrogens with one attached hydrogen (secondary N) is 1. The standard InChI is InChI=1S/C15H23N3OS/c1-11(2)17-5-3-12(8-17)9-18-14(19)7-16-15(18)13-4-6-20-10-13/h4,6,10-12,15-16H,3,5,7-9H2,1-2H3. The Kier molecular flexibility index (Phi) is 4.10. The van der Waals surface area contributed by atoms with E-state index < -0.39 is 0 Å². The third-order valence-corrected chi connectivity index (χ3v) is 5.14. The second-order valence-corrected chi connectivity index (χ2v) is 6.91. The second kappa shape index (κ2) is 5.84. The molecule has 2 saturated heterocycles. The van der Waals surface area contributed by atoms with Crippen LogP contribution in [0, 0.1) is 5.92 Å². The van der Waals surface area contributed by atoms with Gasteiger partial charge in [0.05, 0.1) is 6.54 Å². The molecular formula is C15H23N3OS. The zero-order chi connectivity index (χ0) is 14.1. The van der Waals surface area contributed by atoms with Crippen molar-refractivity contribution in [3.63, 3.8) is 0 Å². The molecule has 2 atom stereocenters. The lowest BCUT2D eigenvalue weighted by Crippen LogP contribution is -2.36. The fraction of sp³-hybridized carbons (Fsp3) is 0.667. The molecule has 1 amide bonds. The first kappa shape index (κ1) is 14.0. The Morgan fingerprint density at radius 2 is 2.35 bits per heavy atom. The maximum absolute atomic E-state index is 12.1. The number of nitrogens with zero attached hydrogens (tertiary/aromatic N) is 2. The van der Waals surface area contributed by atoms with E-state index >= 15 is 0 Å².